The third-order valence-electron chi connectivity index (χ3n) is 2.62. The summed E-state index contributed by atoms with van der Waals surface area (Å²) in [6.45, 7) is 0.338. The molecule has 0 saturated carbocycles. The van der Waals surface area contributed by atoms with E-state index < -0.39 is 36.3 Å². The van der Waals surface area contributed by atoms with E-state index in [0.29, 0.717) is 12.1 Å². The number of benzene rings is 1. The van der Waals surface area contributed by atoms with Gasteiger partial charge in [-0.1, -0.05) is 11.6 Å². The fourth-order valence-electron chi connectivity index (χ4n) is 1.55. The number of carbonyl (C=O) groups excluding carboxylic acids is 2. The second-order valence-electron chi connectivity index (χ2n) is 4.40. The minimum Gasteiger partial charge on any atom is -0.352 e. The standard InChI is InChI=1S/C13H13ClF4N2O2/c1-7(11(21)19-3-2-15)20-12(22)8-4-9(13(16,17)18)6-10(14)5-8/h4-7H,2-3H2,1H3,(H,19,21)(H,20,22)/t7-/m0/s1. The van der Waals surface area contributed by atoms with Crippen LogP contribution in [0.25, 0.3) is 0 Å². The molecule has 1 aromatic rings. The van der Waals surface area contributed by atoms with Crippen molar-refractivity contribution in [2.75, 3.05) is 13.2 Å². The first-order valence-corrected chi connectivity index (χ1v) is 6.55. The number of alkyl halides is 4. The minimum absolute atomic E-state index is 0.214. The van der Waals surface area contributed by atoms with Crippen molar-refractivity contribution in [3.05, 3.63) is 34.3 Å². The Bertz CT molecular complexity index is 563. The Morgan fingerprint density at radius 1 is 1.27 bits per heavy atom. The van der Waals surface area contributed by atoms with Gasteiger partial charge in [0.15, 0.2) is 0 Å². The highest BCUT2D eigenvalue weighted by Crippen LogP contribution is 2.31. The molecule has 1 rings (SSSR count). The van der Waals surface area contributed by atoms with E-state index in [0.717, 1.165) is 6.07 Å². The van der Waals surface area contributed by atoms with Crippen LogP contribution in [0.5, 0.6) is 0 Å². The molecular formula is C13H13ClF4N2O2. The van der Waals surface area contributed by atoms with Crippen LogP contribution in [0, 0.1) is 0 Å². The minimum atomic E-state index is -4.65. The molecular weight excluding hydrogens is 328 g/mol. The summed E-state index contributed by atoms with van der Waals surface area (Å²) < 4.78 is 49.9. The SMILES string of the molecule is C[C@H](NC(=O)c1cc(Cl)cc(C(F)(F)F)c1)C(=O)NCCF. The first-order valence-electron chi connectivity index (χ1n) is 6.17. The maximum atomic E-state index is 12.7. The molecule has 0 fully saturated rings. The lowest BCUT2D eigenvalue weighted by Crippen LogP contribution is -2.45. The third-order valence-corrected chi connectivity index (χ3v) is 2.84. The zero-order chi connectivity index (χ0) is 16.9. The number of hydrogen-bond acceptors (Lipinski definition) is 2. The highest BCUT2D eigenvalue weighted by atomic mass is 35.5. The molecule has 9 heteroatoms. The molecule has 0 saturated heterocycles. The second kappa shape index (κ2) is 7.44. The molecule has 2 N–H and O–H groups in total. The van der Waals surface area contributed by atoms with Crippen molar-refractivity contribution in [1.82, 2.24) is 10.6 Å². The van der Waals surface area contributed by atoms with Crippen molar-refractivity contribution < 1.29 is 27.2 Å². The Hall–Kier alpha value is -1.83. The fourth-order valence-corrected chi connectivity index (χ4v) is 1.79. The maximum Gasteiger partial charge on any atom is 0.416 e. The topological polar surface area (TPSA) is 58.2 Å². The first kappa shape index (κ1) is 18.2. The van der Waals surface area contributed by atoms with Gasteiger partial charge < -0.3 is 10.6 Å². The number of amides is 2. The van der Waals surface area contributed by atoms with Gasteiger partial charge in [-0.05, 0) is 25.1 Å². The Morgan fingerprint density at radius 2 is 1.91 bits per heavy atom. The van der Waals surface area contributed by atoms with Crippen LogP contribution >= 0.6 is 11.6 Å². The molecule has 122 valence electrons. The molecule has 0 spiro atoms. The summed E-state index contributed by atoms with van der Waals surface area (Å²) in [4.78, 5) is 23.3. The van der Waals surface area contributed by atoms with Gasteiger partial charge in [0.1, 0.15) is 12.7 Å². The normalized spacial score (nSPS) is 12.6. The number of halogens is 5. The van der Waals surface area contributed by atoms with E-state index in [9.17, 15) is 27.2 Å². The quantitative estimate of drug-likeness (QED) is 0.809. The largest absolute Gasteiger partial charge is 0.416 e. The molecule has 0 bridgehead atoms. The molecule has 0 aliphatic rings. The number of nitrogens with one attached hydrogen (secondary N) is 2. The Morgan fingerprint density at radius 3 is 2.45 bits per heavy atom. The van der Waals surface area contributed by atoms with Crippen molar-refractivity contribution >= 4 is 23.4 Å². The maximum absolute atomic E-state index is 12.7. The van der Waals surface area contributed by atoms with Crippen molar-refractivity contribution in [1.29, 1.82) is 0 Å². The number of rotatable bonds is 5. The molecule has 22 heavy (non-hydrogen) atoms. The van der Waals surface area contributed by atoms with Gasteiger partial charge in [-0.15, -0.1) is 0 Å². The molecule has 0 aliphatic heterocycles. The first-order chi connectivity index (χ1) is 10.1. The number of carbonyl (C=O) groups is 2. The van der Waals surface area contributed by atoms with Crippen LogP contribution in [0.1, 0.15) is 22.8 Å². The molecule has 1 atom stereocenters. The van der Waals surface area contributed by atoms with Gasteiger partial charge in [0, 0.05) is 17.1 Å². The van der Waals surface area contributed by atoms with E-state index in [4.69, 9.17) is 11.6 Å². The van der Waals surface area contributed by atoms with E-state index in [-0.39, 0.29) is 17.1 Å². The van der Waals surface area contributed by atoms with Crippen molar-refractivity contribution in [3.63, 3.8) is 0 Å². The monoisotopic (exact) mass is 340 g/mol. The van der Waals surface area contributed by atoms with Crippen LogP contribution in [-0.2, 0) is 11.0 Å². The number of hydrogen-bond donors (Lipinski definition) is 2. The van der Waals surface area contributed by atoms with E-state index in [1.165, 1.54) is 6.92 Å². The predicted octanol–water partition coefficient (Wildman–Crippen LogP) is 2.56. The van der Waals surface area contributed by atoms with Crippen LogP contribution in [-0.4, -0.2) is 31.1 Å². The van der Waals surface area contributed by atoms with Crippen LogP contribution in [0.3, 0.4) is 0 Å². The average molecular weight is 341 g/mol. The van der Waals surface area contributed by atoms with E-state index >= 15 is 0 Å². The Kier molecular flexibility index (Phi) is 6.16. The zero-order valence-corrected chi connectivity index (χ0v) is 12.2. The van der Waals surface area contributed by atoms with Crippen LogP contribution in [0.4, 0.5) is 17.6 Å². The van der Waals surface area contributed by atoms with Crippen molar-refractivity contribution in [2.24, 2.45) is 0 Å². The van der Waals surface area contributed by atoms with E-state index in [1.54, 1.807) is 0 Å². The summed E-state index contributed by atoms with van der Waals surface area (Å²) in [6, 6.07) is 1.34. The highest BCUT2D eigenvalue weighted by molar-refractivity contribution is 6.31. The van der Waals surface area contributed by atoms with Gasteiger partial charge in [-0.2, -0.15) is 13.2 Å². The summed E-state index contributed by atoms with van der Waals surface area (Å²) >= 11 is 5.57. The molecule has 4 nitrogen and oxygen atoms in total. The summed E-state index contributed by atoms with van der Waals surface area (Å²) in [5.74, 6) is -1.54. The van der Waals surface area contributed by atoms with Gasteiger partial charge in [0.05, 0.1) is 5.56 Å². The van der Waals surface area contributed by atoms with Gasteiger partial charge in [-0.25, -0.2) is 4.39 Å². The fraction of sp³-hybridized carbons (Fsp3) is 0.385. The molecule has 1 aromatic carbocycles. The summed E-state index contributed by atoms with van der Waals surface area (Å²) in [7, 11) is 0. The van der Waals surface area contributed by atoms with E-state index in [1.807, 2.05) is 0 Å². The Labute approximate surface area is 128 Å². The van der Waals surface area contributed by atoms with Crippen molar-refractivity contribution in [2.45, 2.75) is 19.1 Å². The highest BCUT2D eigenvalue weighted by Gasteiger charge is 2.32. The van der Waals surface area contributed by atoms with Crippen LogP contribution in [0.15, 0.2) is 18.2 Å². The summed E-state index contributed by atoms with van der Waals surface area (Å²) in [6.07, 6.45) is -4.65. The van der Waals surface area contributed by atoms with Crippen LogP contribution in [0.2, 0.25) is 5.02 Å². The summed E-state index contributed by atoms with van der Waals surface area (Å²) in [5, 5.41) is 4.16. The molecule has 0 aromatic heterocycles. The lowest BCUT2D eigenvalue weighted by molar-refractivity contribution is -0.137. The van der Waals surface area contributed by atoms with Crippen LogP contribution < -0.4 is 10.6 Å². The van der Waals surface area contributed by atoms with Gasteiger partial charge >= 0.3 is 6.18 Å². The predicted molar refractivity (Wildman–Crippen MR) is 72.4 cm³/mol. The van der Waals surface area contributed by atoms with Gasteiger partial charge in [-0.3, -0.25) is 9.59 Å². The Balaban J connectivity index is 2.86. The third kappa shape index (κ3) is 5.18. The molecule has 0 aliphatic carbocycles. The molecule has 0 unspecified atom stereocenters. The summed E-state index contributed by atoms with van der Waals surface area (Å²) in [5.41, 5.74) is -1.40. The van der Waals surface area contributed by atoms with Crippen molar-refractivity contribution in [3.8, 4) is 0 Å². The molecule has 2 amide bonds. The zero-order valence-electron chi connectivity index (χ0n) is 11.4. The van der Waals surface area contributed by atoms with E-state index in [2.05, 4.69) is 10.6 Å². The lowest BCUT2D eigenvalue weighted by Gasteiger charge is -2.14. The molecule has 0 radical (unpaired) electrons. The van der Waals surface area contributed by atoms with Gasteiger partial charge in [0.25, 0.3) is 5.91 Å². The van der Waals surface area contributed by atoms with Gasteiger partial charge in [0.2, 0.25) is 5.91 Å². The average Bonchev–Trinajstić information content (AvgIpc) is 2.42. The smallest absolute Gasteiger partial charge is 0.352 e. The molecule has 0 heterocycles. The lowest BCUT2D eigenvalue weighted by atomic mass is 10.1. The second-order valence-corrected chi connectivity index (χ2v) is 4.84.